The molecule has 0 spiro atoms. The summed E-state index contributed by atoms with van der Waals surface area (Å²) in [7, 11) is 2.28. The van der Waals surface area contributed by atoms with Gasteiger partial charge in [0.1, 0.15) is 33.0 Å². The molecule has 0 aliphatic carbocycles. The van der Waals surface area contributed by atoms with E-state index in [0.29, 0.717) is 32.5 Å². The molecule has 0 saturated carbocycles. The normalized spacial score (nSPS) is 27.1. The molecule has 1 saturated heterocycles. The molecule has 5 aliphatic rings. The standard InChI is InChI=1S/C36H38N2O6/c1-22-28-10-9-24-17-31-34(43-15-12-40-31)20-27(24)36(37(28)2)29-16-25-18-32-33(42-14-13-41-32)19-26(25)30(38(22)29)21-44-35(39)11-8-23-6-4-3-5-7-23/h3-8,11,17-20,22,28-30,36H,9-10,12-16,21H2,1-2H3. The number of carbonyl (C=O) groups is 1. The van der Waals surface area contributed by atoms with Crippen molar-refractivity contribution in [2.75, 3.05) is 40.1 Å². The van der Waals surface area contributed by atoms with E-state index in [2.05, 4.69) is 48.0 Å². The van der Waals surface area contributed by atoms with Crippen molar-refractivity contribution in [1.29, 1.82) is 0 Å². The van der Waals surface area contributed by atoms with Crippen LogP contribution in [0.15, 0.2) is 60.7 Å². The Hall–Kier alpha value is -4.01. The summed E-state index contributed by atoms with van der Waals surface area (Å²) in [5.74, 6) is 2.90. The molecule has 2 bridgehead atoms. The van der Waals surface area contributed by atoms with Crippen molar-refractivity contribution in [3.63, 3.8) is 0 Å². The summed E-state index contributed by atoms with van der Waals surface area (Å²) in [6.07, 6.45) is 6.19. The second-order valence-electron chi connectivity index (χ2n) is 12.5. The average molecular weight is 595 g/mol. The molecule has 0 aromatic heterocycles. The molecule has 228 valence electrons. The molecule has 5 aliphatic heterocycles. The van der Waals surface area contributed by atoms with Crippen molar-refractivity contribution >= 4 is 12.0 Å². The largest absolute Gasteiger partial charge is 0.486 e. The Kier molecular flexibility index (Phi) is 6.99. The van der Waals surface area contributed by atoms with Crippen molar-refractivity contribution in [3.05, 3.63) is 88.5 Å². The van der Waals surface area contributed by atoms with Crippen LogP contribution >= 0.6 is 0 Å². The van der Waals surface area contributed by atoms with Crippen LogP contribution in [0, 0.1) is 0 Å². The highest BCUT2D eigenvalue weighted by molar-refractivity contribution is 5.87. The van der Waals surface area contributed by atoms with Crippen molar-refractivity contribution in [1.82, 2.24) is 9.80 Å². The first-order valence-corrected chi connectivity index (χ1v) is 15.8. The van der Waals surface area contributed by atoms with E-state index in [1.807, 2.05) is 30.3 Å². The Labute approximate surface area is 258 Å². The number of hydrogen-bond donors (Lipinski definition) is 0. The number of nitrogens with zero attached hydrogens (tertiary/aromatic N) is 2. The zero-order chi connectivity index (χ0) is 29.8. The van der Waals surface area contributed by atoms with Crippen LogP contribution in [-0.2, 0) is 22.4 Å². The number of esters is 1. The van der Waals surface area contributed by atoms with Crippen LogP contribution in [0.25, 0.3) is 6.08 Å². The number of likely N-dealkylation sites (N-methyl/N-ethyl adjacent to an activating group) is 1. The highest BCUT2D eigenvalue weighted by Gasteiger charge is 2.52. The average Bonchev–Trinajstić information content (AvgIpc) is 3.16. The van der Waals surface area contributed by atoms with Gasteiger partial charge in [0.05, 0.1) is 12.1 Å². The zero-order valence-corrected chi connectivity index (χ0v) is 25.2. The Morgan fingerprint density at radius 2 is 1.50 bits per heavy atom. The smallest absolute Gasteiger partial charge is 0.330 e. The summed E-state index contributed by atoms with van der Waals surface area (Å²) in [6.45, 7) is 4.81. The van der Waals surface area contributed by atoms with E-state index in [4.69, 9.17) is 23.7 Å². The van der Waals surface area contributed by atoms with Crippen molar-refractivity contribution in [2.24, 2.45) is 0 Å². The van der Waals surface area contributed by atoms with Gasteiger partial charge >= 0.3 is 5.97 Å². The first-order valence-electron chi connectivity index (χ1n) is 15.8. The maximum Gasteiger partial charge on any atom is 0.330 e. The van der Waals surface area contributed by atoms with Gasteiger partial charge in [0.2, 0.25) is 0 Å². The third-order valence-corrected chi connectivity index (χ3v) is 10.1. The number of rotatable bonds is 4. The van der Waals surface area contributed by atoms with Gasteiger partial charge in [0, 0.05) is 24.2 Å². The summed E-state index contributed by atoms with van der Waals surface area (Å²) in [6, 6.07) is 19.3. The molecule has 8 nitrogen and oxygen atoms in total. The summed E-state index contributed by atoms with van der Waals surface area (Å²) in [4.78, 5) is 18.3. The molecular weight excluding hydrogens is 556 g/mol. The van der Waals surface area contributed by atoms with Crippen LogP contribution in [-0.4, -0.2) is 74.0 Å². The summed E-state index contributed by atoms with van der Waals surface area (Å²) in [5, 5.41) is 0. The second-order valence-corrected chi connectivity index (χ2v) is 12.5. The number of carbonyl (C=O) groups excluding carboxylic acids is 1. The Morgan fingerprint density at radius 1 is 0.864 bits per heavy atom. The van der Waals surface area contributed by atoms with E-state index in [1.165, 1.54) is 22.8 Å². The van der Waals surface area contributed by atoms with Crippen molar-refractivity contribution in [3.8, 4) is 23.0 Å². The highest BCUT2D eigenvalue weighted by Crippen LogP contribution is 2.52. The summed E-state index contributed by atoms with van der Waals surface area (Å²) in [5.41, 5.74) is 5.98. The van der Waals surface area contributed by atoms with Gasteiger partial charge in [-0.25, -0.2) is 4.79 Å². The van der Waals surface area contributed by atoms with Gasteiger partial charge in [0.25, 0.3) is 0 Å². The van der Waals surface area contributed by atoms with Crippen LogP contribution in [0.4, 0.5) is 0 Å². The molecule has 8 rings (SSSR count). The first-order chi connectivity index (χ1) is 21.5. The fourth-order valence-electron chi connectivity index (χ4n) is 8.16. The van der Waals surface area contributed by atoms with E-state index in [0.717, 1.165) is 53.4 Å². The van der Waals surface area contributed by atoms with Gasteiger partial charge in [-0.2, -0.15) is 0 Å². The zero-order valence-electron chi connectivity index (χ0n) is 25.2. The fraction of sp³-hybridized carbons (Fsp3) is 0.417. The predicted octanol–water partition coefficient (Wildman–Crippen LogP) is 5.14. The molecule has 44 heavy (non-hydrogen) atoms. The molecule has 3 aromatic carbocycles. The monoisotopic (exact) mass is 594 g/mol. The lowest BCUT2D eigenvalue weighted by molar-refractivity contribution is -0.143. The maximum atomic E-state index is 13.0. The molecule has 5 heterocycles. The van der Waals surface area contributed by atoms with E-state index in [1.54, 1.807) is 6.08 Å². The second kappa shape index (κ2) is 11.2. The molecule has 0 N–H and O–H groups in total. The summed E-state index contributed by atoms with van der Waals surface area (Å²) >= 11 is 0. The first kappa shape index (κ1) is 27.5. The number of fused-ring (bicyclic) bond motifs is 9. The van der Waals surface area contributed by atoms with E-state index < -0.39 is 0 Å². The maximum absolute atomic E-state index is 13.0. The number of piperazine rings is 1. The number of benzene rings is 3. The van der Waals surface area contributed by atoms with E-state index in [-0.39, 0.29) is 36.7 Å². The molecule has 1 fully saturated rings. The fourth-order valence-corrected chi connectivity index (χ4v) is 8.16. The lowest BCUT2D eigenvalue weighted by atomic mass is 9.78. The van der Waals surface area contributed by atoms with Crippen LogP contribution in [0.5, 0.6) is 23.0 Å². The minimum absolute atomic E-state index is 0.124. The number of hydrogen-bond acceptors (Lipinski definition) is 8. The molecule has 5 atom stereocenters. The third-order valence-electron chi connectivity index (χ3n) is 10.1. The van der Waals surface area contributed by atoms with Gasteiger partial charge in [0.15, 0.2) is 23.0 Å². The molecule has 0 radical (unpaired) electrons. The minimum atomic E-state index is -0.344. The Bertz CT molecular complexity index is 1610. The number of aryl methyl sites for hydroxylation is 1. The minimum Gasteiger partial charge on any atom is -0.486 e. The van der Waals surface area contributed by atoms with Crippen LogP contribution in [0.1, 0.15) is 53.2 Å². The SMILES string of the molecule is CC1C2CCc3cc4c(cc3C(C3Cc5cc6c(cc5C(COC(=O)C=Cc5ccccc5)N13)OCCO6)N2C)OCCO4. The van der Waals surface area contributed by atoms with Gasteiger partial charge in [-0.05, 0) is 91.4 Å². The number of ether oxygens (including phenoxy) is 5. The topological polar surface area (TPSA) is 69.7 Å². The lowest BCUT2D eigenvalue weighted by Gasteiger charge is -2.58. The van der Waals surface area contributed by atoms with E-state index in [9.17, 15) is 4.79 Å². The van der Waals surface area contributed by atoms with Gasteiger partial charge in [-0.15, -0.1) is 0 Å². The Balaban J connectivity index is 1.18. The van der Waals surface area contributed by atoms with E-state index >= 15 is 0 Å². The van der Waals surface area contributed by atoms with Gasteiger partial charge in [-0.3, -0.25) is 9.80 Å². The predicted molar refractivity (Wildman–Crippen MR) is 165 cm³/mol. The lowest BCUT2D eigenvalue weighted by Crippen LogP contribution is -2.65. The van der Waals surface area contributed by atoms with Gasteiger partial charge < -0.3 is 23.7 Å². The molecule has 3 aromatic rings. The van der Waals surface area contributed by atoms with Crippen LogP contribution < -0.4 is 18.9 Å². The quantitative estimate of drug-likeness (QED) is 0.304. The third kappa shape index (κ3) is 4.72. The Morgan fingerprint density at radius 3 is 2.20 bits per heavy atom. The van der Waals surface area contributed by atoms with Gasteiger partial charge in [-0.1, -0.05) is 30.3 Å². The molecule has 8 heteroatoms. The van der Waals surface area contributed by atoms with Crippen LogP contribution in [0.2, 0.25) is 0 Å². The molecular formula is C36H38N2O6. The highest BCUT2D eigenvalue weighted by atomic mass is 16.6. The molecule has 5 unspecified atom stereocenters. The molecule has 0 amide bonds. The summed E-state index contributed by atoms with van der Waals surface area (Å²) < 4.78 is 30.1. The van der Waals surface area contributed by atoms with Crippen molar-refractivity contribution in [2.45, 2.75) is 56.4 Å². The van der Waals surface area contributed by atoms with Crippen LogP contribution in [0.3, 0.4) is 0 Å². The van der Waals surface area contributed by atoms with Crippen molar-refractivity contribution < 1.29 is 28.5 Å².